The number of fused-ring (bicyclic) bond motifs is 1. The molecule has 0 radical (unpaired) electrons. The normalized spacial score (nSPS) is 17.1. The van der Waals surface area contributed by atoms with Gasteiger partial charge in [-0.15, -0.1) is 0 Å². The van der Waals surface area contributed by atoms with Crippen molar-refractivity contribution in [3.63, 3.8) is 0 Å². The molecule has 0 saturated heterocycles. The number of halogens is 1. The van der Waals surface area contributed by atoms with E-state index in [9.17, 15) is 0 Å². The van der Waals surface area contributed by atoms with Gasteiger partial charge in [0.15, 0.2) is 0 Å². The fourth-order valence-electron chi connectivity index (χ4n) is 2.59. The van der Waals surface area contributed by atoms with Crippen molar-refractivity contribution in [2.75, 3.05) is 17.7 Å². The topological polar surface area (TPSA) is 21.3 Å². The van der Waals surface area contributed by atoms with Gasteiger partial charge in [-0.1, -0.05) is 35.9 Å². The van der Waals surface area contributed by atoms with Crippen LogP contribution in [0.4, 0.5) is 5.69 Å². The highest BCUT2D eigenvalue weighted by Gasteiger charge is 2.21. The lowest BCUT2D eigenvalue weighted by Crippen LogP contribution is -2.19. The highest BCUT2D eigenvalue weighted by Crippen LogP contribution is 2.37. The predicted octanol–water partition coefficient (Wildman–Crippen LogP) is 5.14. The Bertz CT molecular complexity index is 632. The molecule has 0 aromatic heterocycles. The van der Waals surface area contributed by atoms with Gasteiger partial charge in [-0.2, -0.15) is 11.8 Å². The molecule has 1 aliphatic heterocycles. The van der Waals surface area contributed by atoms with E-state index in [-0.39, 0.29) is 6.04 Å². The van der Waals surface area contributed by atoms with Crippen molar-refractivity contribution in [1.82, 2.24) is 0 Å². The van der Waals surface area contributed by atoms with Crippen LogP contribution in [0.3, 0.4) is 0 Å². The second kappa shape index (κ2) is 6.63. The van der Waals surface area contributed by atoms with Gasteiger partial charge in [0, 0.05) is 16.5 Å². The van der Waals surface area contributed by atoms with Crippen LogP contribution >= 0.6 is 23.4 Å². The quantitative estimate of drug-likeness (QED) is 0.843. The van der Waals surface area contributed by atoms with Crippen molar-refractivity contribution in [3.8, 4) is 5.75 Å². The van der Waals surface area contributed by atoms with Crippen LogP contribution in [0.25, 0.3) is 0 Å². The number of rotatable bonds is 4. The summed E-state index contributed by atoms with van der Waals surface area (Å²) in [6, 6.07) is 14.6. The molecule has 2 nitrogen and oxygen atoms in total. The summed E-state index contributed by atoms with van der Waals surface area (Å²) in [5.41, 5.74) is 3.75. The second-order valence-corrected chi connectivity index (χ2v) is 6.45. The molecule has 0 bridgehead atoms. The standard InChI is InChI=1S/C17H18ClNOS/c1-2-20-17-8-7-13(18)9-15(17)19-16-11-21-10-12-5-3-4-6-14(12)16/h3-9,16,19H,2,10-11H2,1H3. The summed E-state index contributed by atoms with van der Waals surface area (Å²) in [4.78, 5) is 0. The molecular formula is C17H18ClNOS. The molecule has 2 aromatic carbocycles. The summed E-state index contributed by atoms with van der Waals surface area (Å²) < 4.78 is 5.69. The molecule has 0 fully saturated rings. The van der Waals surface area contributed by atoms with Crippen molar-refractivity contribution in [2.24, 2.45) is 0 Å². The van der Waals surface area contributed by atoms with E-state index in [1.165, 1.54) is 11.1 Å². The third-order valence-corrected chi connectivity index (χ3v) is 4.86. The molecule has 0 amide bonds. The van der Waals surface area contributed by atoms with Crippen molar-refractivity contribution >= 4 is 29.1 Å². The summed E-state index contributed by atoms with van der Waals surface area (Å²) in [7, 11) is 0. The first-order valence-electron chi connectivity index (χ1n) is 7.12. The Kier molecular flexibility index (Phi) is 4.61. The monoisotopic (exact) mass is 319 g/mol. The summed E-state index contributed by atoms with van der Waals surface area (Å²) in [6.07, 6.45) is 0. The number of ether oxygens (including phenoxy) is 1. The molecule has 4 heteroatoms. The lowest BCUT2D eigenvalue weighted by molar-refractivity contribution is 0.341. The average molecular weight is 320 g/mol. The Hall–Kier alpha value is -1.32. The third-order valence-electron chi connectivity index (χ3n) is 3.54. The van der Waals surface area contributed by atoms with E-state index >= 15 is 0 Å². The minimum atomic E-state index is 0.289. The molecule has 0 spiro atoms. The maximum absolute atomic E-state index is 6.13. The van der Waals surface area contributed by atoms with Gasteiger partial charge in [-0.3, -0.25) is 0 Å². The Labute approximate surface area is 134 Å². The number of hydrogen-bond acceptors (Lipinski definition) is 3. The molecule has 1 atom stereocenters. The van der Waals surface area contributed by atoms with Crippen LogP contribution in [0.15, 0.2) is 42.5 Å². The molecule has 1 N–H and O–H groups in total. The lowest BCUT2D eigenvalue weighted by atomic mass is 10.0. The fraction of sp³-hybridized carbons (Fsp3) is 0.294. The predicted molar refractivity (Wildman–Crippen MR) is 91.6 cm³/mol. The highest BCUT2D eigenvalue weighted by molar-refractivity contribution is 7.98. The smallest absolute Gasteiger partial charge is 0.142 e. The minimum Gasteiger partial charge on any atom is -0.492 e. The van der Waals surface area contributed by atoms with E-state index in [0.29, 0.717) is 6.61 Å². The van der Waals surface area contributed by atoms with E-state index < -0.39 is 0 Å². The van der Waals surface area contributed by atoms with E-state index in [0.717, 1.165) is 28.0 Å². The SMILES string of the molecule is CCOc1ccc(Cl)cc1NC1CSCc2ccccc21. The van der Waals surface area contributed by atoms with Gasteiger partial charge >= 0.3 is 0 Å². The number of thioether (sulfide) groups is 1. The van der Waals surface area contributed by atoms with E-state index in [2.05, 4.69) is 29.6 Å². The Morgan fingerprint density at radius 1 is 1.29 bits per heavy atom. The van der Waals surface area contributed by atoms with Crippen LogP contribution in [0.5, 0.6) is 5.75 Å². The maximum Gasteiger partial charge on any atom is 0.142 e. The van der Waals surface area contributed by atoms with Crippen LogP contribution in [-0.4, -0.2) is 12.4 Å². The van der Waals surface area contributed by atoms with Crippen molar-refractivity contribution in [3.05, 3.63) is 58.6 Å². The van der Waals surface area contributed by atoms with Crippen LogP contribution in [0.1, 0.15) is 24.1 Å². The van der Waals surface area contributed by atoms with E-state index in [1.54, 1.807) is 0 Å². The number of nitrogens with one attached hydrogen (secondary N) is 1. The Morgan fingerprint density at radius 2 is 2.14 bits per heavy atom. The van der Waals surface area contributed by atoms with Gasteiger partial charge in [-0.25, -0.2) is 0 Å². The molecular weight excluding hydrogens is 302 g/mol. The molecule has 3 rings (SSSR count). The number of benzene rings is 2. The molecule has 2 aromatic rings. The fourth-order valence-corrected chi connectivity index (χ4v) is 3.86. The minimum absolute atomic E-state index is 0.289. The number of anilines is 1. The maximum atomic E-state index is 6.13. The van der Waals surface area contributed by atoms with Crippen LogP contribution in [0.2, 0.25) is 5.02 Å². The molecule has 1 aliphatic rings. The van der Waals surface area contributed by atoms with Gasteiger partial charge in [0.05, 0.1) is 18.3 Å². The second-order valence-electron chi connectivity index (χ2n) is 4.98. The Morgan fingerprint density at radius 3 is 3.00 bits per heavy atom. The zero-order valence-corrected chi connectivity index (χ0v) is 13.5. The zero-order valence-electron chi connectivity index (χ0n) is 11.9. The molecule has 0 aliphatic carbocycles. The van der Waals surface area contributed by atoms with Gasteiger partial charge in [0.1, 0.15) is 5.75 Å². The Balaban J connectivity index is 1.89. The first-order chi connectivity index (χ1) is 10.3. The van der Waals surface area contributed by atoms with Crippen molar-refractivity contribution in [1.29, 1.82) is 0 Å². The van der Waals surface area contributed by atoms with Gasteiger partial charge < -0.3 is 10.1 Å². The molecule has 1 unspecified atom stereocenters. The largest absolute Gasteiger partial charge is 0.492 e. The third kappa shape index (κ3) is 3.30. The van der Waals surface area contributed by atoms with Crippen molar-refractivity contribution in [2.45, 2.75) is 18.7 Å². The van der Waals surface area contributed by atoms with E-state index in [1.807, 2.05) is 36.9 Å². The zero-order chi connectivity index (χ0) is 14.7. The van der Waals surface area contributed by atoms with Gasteiger partial charge in [-0.05, 0) is 36.2 Å². The molecule has 21 heavy (non-hydrogen) atoms. The van der Waals surface area contributed by atoms with Gasteiger partial charge in [0.2, 0.25) is 0 Å². The molecule has 0 saturated carbocycles. The summed E-state index contributed by atoms with van der Waals surface area (Å²) in [6.45, 7) is 2.64. The van der Waals surface area contributed by atoms with Crippen LogP contribution in [0, 0.1) is 0 Å². The molecule has 1 heterocycles. The first kappa shape index (κ1) is 14.6. The number of hydrogen-bond donors (Lipinski definition) is 1. The molecule has 110 valence electrons. The summed E-state index contributed by atoms with van der Waals surface area (Å²) >= 11 is 8.09. The van der Waals surface area contributed by atoms with Crippen LogP contribution in [-0.2, 0) is 5.75 Å². The lowest BCUT2D eigenvalue weighted by Gasteiger charge is -2.27. The average Bonchev–Trinajstić information content (AvgIpc) is 2.50. The first-order valence-corrected chi connectivity index (χ1v) is 8.65. The van der Waals surface area contributed by atoms with E-state index in [4.69, 9.17) is 16.3 Å². The highest BCUT2D eigenvalue weighted by atomic mass is 35.5. The van der Waals surface area contributed by atoms with Crippen LogP contribution < -0.4 is 10.1 Å². The summed E-state index contributed by atoms with van der Waals surface area (Å²) in [5.74, 6) is 2.99. The summed E-state index contributed by atoms with van der Waals surface area (Å²) in [5, 5.41) is 4.32. The van der Waals surface area contributed by atoms with Crippen molar-refractivity contribution < 1.29 is 4.74 Å². The van der Waals surface area contributed by atoms with Gasteiger partial charge in [0.25, 0.3) is 0 Å².